The number of sulfonamides is 1. The molecular formula is C11H25N3O2S. The van der Waals surface area contributed by atoms with Crippen LogP contribution in [0.3, 0.4) is 0 Å². The summed E-state index contributed by atoms with van der Waals surface area (Å²) in [7, 11) is -1.06. The van der Waals surface area contributed by atoms with Crippen molar-refractivity contribution in [1.82, 2.24) is 14.5 Å². The first kappa shape index (κ1) is 14.9. The Kier molecular flexibility index (Phi) is 5.85. The van der Waals surface area contributed by atoms with E-state index in [1.807, 2.05) is 14.0 Å². The third-order valence-electron chi connectivity index (χ3n) is 3.09. The fourth-order valence-electron chi connectivity index (χ4n) is 2.16. The molecule has 1 heterocycles. The van der Waals surface area contributed by atoms with E-state index in [-0.39, 0.29) is 11.8 Å². The minimum absolute atomic E-state index is 0.0879. The molecule has 102 valence electrons. The first-order valence-corrected chi connectivity index (χ1v) is 7.97. The lowest BCUT2D eigenvalue weighted by atomic mass is 10.2. The Morgan fingerprint density at radius 3 is 2.59 bits per heavy atom. The Labute approximate surface area is 105 Å². The van der Waals surface area contributed by atoms with Gasteiger partial charge in [-0.25, -0.2) is 8.42 Å². The van der Waals surface area contributed by atoms with Gasteiger partial charge in [0.15, 0.2) is 0 Å². The van der Waals surface area contributed by atoms with Crippen molar-refractivity contribution in [3.8, 4) is 0 Å². The second-order valence-corrected chi connectivity index (χ2v) is 6.83. The van der Waals surface area contributed by atoms with E-state index in [1.54, 1.807) is 4.31 Å². The van der Waals surface area contributed by atoms with Crippen molar-refractivity contribution >= 4 is 10.0 Å². The largest absolute Gasteiger partial charge is 0.316 e. The predicted octanol–water partition coefficient (Wildman–Crippen LogP) is -0.0483. The summed E-state index contributed by atoms with van der Waals surface area (Å²) < 4.78 is 25.9. The zero-order chi connectivity index (χ0) is 12.9. The van der Waals surface area contributed by atoms with Crippen molar-refractivity contribution in [2.24, 2.45) is 0 Å². The van der Waals surface area contributed by atoms with Crippen LogP contribution in [0.4, 0.5) is 0 Å². The molecule has 1 aliphatic heterocycles. The zero-order valence-corrected chi connectivity index (χ0v) is 12.0. The number of nitrogens with zero attached hydrogens (tertiary/aromatic N) is 2. The summed E-state index contributed by atoms with van der Waals surface area (Å²) in [5.41, 5.74) is 0. The van der Waals surface area contributed by atoms with Crippen LogP contribution in [0, 0.1) is 0 Å². The molecule has 0 bridgehead atoms. The van der Waals surface area contributed by atoms with E-state index in [1.165, 1.54) is 0 Å². The van der Waals surface area contributed by atoms with E-state index in [2.05, 4.69) is 17.1 Å². The molecule has 0 aromatic carbocycles. The van der Waals surface area contributed by atoms with Crippen molar-refractivity contribution in [1.29, 1.82) is 0 Å². The molecule has 1 rings (SSSR count). The van der Waals surface area contributed by atoms with E-state index in [9.17, 15) is 8.42 Å². The summed E-state index contributed by atoms with van der Waals surface area (Å²) >= 11 is 0. The molecule has 1 aliphatic rings. The van der Waals surface area contributed by atoms with Crippen molar-refractivity contribution in [2.45, 2.75) is 26.3 Å². The summed E-state index contributed by atoms with van der Waals surface area (Å²) in [6, 6.07) is 0.0879. The first-order chi connectivity index (χ1) is 7.97. The Bertz CT molecular complexity index is 319. The number of likely N-dealkylation sites (N-methyl/N-ethyl adjacent to an activating group) is 1. The molecule has 6 heteroatoms. The Hall–Kier alpha value is -0.170. The Morgan fingerprint density at radius 1 is 1.29 bits per heavy atom. The highest BCUT2D eigenvalue weighted by atomic mass is 32.2. The minimum Gasteiger partial charge on any atom is -0.316 e. The van der Waals surface area contributed by atoms with Crippen molar-refractivity contribution in [3.63, 3.8) is 0 Å². The van der Waals surface area contributed by atoms with E-state index in [0.29, 0.717) is 13.1 Å². The van der Waals surface area contributed by atoms with Gasteiger partial charge in [-0.2, -0.15) is 4.31 Å². The molecule has 0 aromatic rings. The standard InChI is InChI=1S/C11H25N3O2S/c1-4-5-12-6-9-17(15,16)14-8-7-13(3)10-11(14)2/h11-12H,4-10H2,1-3H3. The molecular weight excluding hydrogens is 238 g/mol. The van der Waals surface area contributed by atoms with Crippen LogP contribution in [0.15, 0.2) is 0 Å². The average Bonchev–Trinajstić information content (AvgIpc) is 2.24. The lowest BCUT2D eigenvalue weighted by Gasteiger charge is -2.37. The molecule has 0 aromatic heterocycles. The molecule has 5 nitrogen and oxygen atoms in total. The number of rotatable bonds is 6. The van der Waals surface area contributed by atoms with Crippen LogP contribution in [0.25, 0.3) is 0 Å². The molecule has 0 spiro atoms. The maximum atomic E-state index is 12.1. The Balaban J connectivity index is 2.46. The molecule has 1 unspecified atom stereocenters. The van der Waals surface area contributed by atoms with Crippen LogP contribution in [-0.4, -0.2) is 69.2 Å². The topological polar surface area (TPSA) is 52.7 Å². The fourth-order valence-corrected chi connectivity index (χ4v) is 3.77. The maximum Gasteiger partial charge on any atom is 0.215 e. The van der Waals surface area contributed by atoms with E-state index in [0.717, 1.165) is 26.1 Å². The highest BCUT2D eigenvalue weighted by Gasteiger charge is 2.30. The molecule has 1 atom stereocenters. The van der Waals surface area contributed by atoms with Crippen LogP contribution in [-0.2, 0) is 10.0 Å². The molecule has 1 N–H and O–H groups in total. The minimum atomic E-state index is -3.09. The summed E-state index contributed by atoms with van der Waals surface area (Å²) in [4.78, 5) is 2.17. The summed E-state index contributed by atoms with van der Waals surface area (Å²) in [6.07, 6.45) is 1.03. The van der Waals surface area contributed by atoms with Gasteiger partial charge in [-0.05, 0) is 26.9 Å². The van der Waals surface area contributed by atoms with Gasteiger partial charge in [-0.1, -0.05) is 6.92 Å². The maximum absolute atomic E-state index is 12.1. The average molecular weight is 263 g/mol. The fraction of sp³-hybridized carbons (Fsp3) is 1.00. The smallest absolute Gasteiger partial charge is 0.215 e. The van der Waals surface area contributed by atoms with Gasteiger partial charge < -0.3 is 10.2 Å². The lowest BCUT2D eigenvalue weighted by molar-refractivity contribution is 0.170. The van der Waals surface area contributed by atoms with Crippen LogP contribution in [0.5, 0.6) is 0 Å². The number of hydrogen-bond donors (Lipinski definition) is 1. The van der Waals surface area contributed by atoms with Gasteiger partial charge in [0.05, 0.1) is 5.75 Å². The van der Waals surface area contributed by atoms with Crippen molar-refractivity contribution < 1.29 is 8.42 Å². The van der Waals surface area contributed by atoms with E-state index < -0.39 is 10.0 Å². The van der Waals surface area contributed by atoms with Crippen LogP contribution >= 0.6 is 0 Å². The molecule has 1 fully saturated rings. The first-order valence-electron chi connectivity index (χ1n) is 6.36. The van der Waals surface area contributed by atoms with Gasteiger partial charge in [0.1, 0.15) is 0 Å². The van der Waals surface area contributed by atoms with Crippen LogP contribution in [0.1, 0.15) is 20.3 Å². The highest BCUT2D eigenvalue weighted by molar-refractivity contribution is 7.89. The molecule has 0 aliphatic carbocycles. The van der Waals surface area contributed by atoms with Crippen molar-refractivity contribution in [2.75, 3.05) is 45.5 Å². The molecule has 0 radical (unpaired) electrons. The third kappa shape index (κ3) is 4.54. The van der Waals surface area contributed by atoms with Crippen LogP contribution < -0.4 is 5.32 Å². The molecule has 0 saturated carbocycles. The summed E-state index contributed by atoms with van der Waals surface area (Å²) in [5, 5.41) is 3.14. The number of nitrogens with one attached hydrogen (secondary N) is 1. The third-order valence-corrected chi connectivity index (χ3v) is 5.07. The van der Waals surface area contributed by atoms with Gasteiger partial charge in [0.2, 0.25) is 10.0 Å². The number of hydrogen-bond acceptors (Lipinski definition) is 4. The van der Waals surface area contributed by atoms with Gasteiger partial charge in [-0.3, -0.25) is 0 Å². The monoisotopic (exact) mass is 263 g/mol. The molecule has 1 saturated heterocycles. The van der Waals surface area contributed by atoms with Crippen LogP contribution in [0.2, 0.25) is 0 Å². The number of piperazine rings is 1. The van der Waals surface area contributed by atoms with Gasteiger partial charge in [0, 0.05) is 32.2 Å². The normalized spacial score (nSPS) is 24.1. The van der Waals surface area contributed by atoms with Gasteiger partial charge in [-0.15, -0.1) is 0 Å². The van der Waals surface area contributed by atoms with Gasteiger partial charge in [0.25, 0.3) is 0 Å². The summed E-state index contributed by atoms with van der Waals surface area (Å²) in [5.74, 6) is 0.209. The SMILES string of the molecule is CCCNCCS(=O)(=O)N1CCN(C)CC1C. The zero-order valence-electron chi connectivity index (χ0n) is 11.1. The van der Waals surface area contributed by atoms with E-state index in [4.69, 9.17) is 0 Å². The second kappa shape index (κ2) is 6.68. The lowest BCUT2D eigenvalue weighted by Crippen LogP contribution is -2.53. The van der Waals surface area contributed by atoms with E-state index >= 15 is 0 Å². The summed E-state index contributed by atoms with van der Waals surface area (Å²) in [6.45, 7) is 7.75. The quantitative estimate of drug-likeness (QED) is 0.683. The molecule has 0 amide bonds. The van der Waals surface area contributed by atoms with Gasteiger partial charge >= 0.3 is 0 Å². The Morgan fingerprint density at radius 2 is 2.00 bits per heavy atom. The second-order valence-electron chi connectivity index (χ2n) is 4.79. The highest BCUT2D eigenvalue weighted by Crippen LogP contribution is 2.13. The predicted molar refractivity (Wildman–Crippen MR) is 70.6 cm³/mol. The molecule has 17 heavy (non-hydrogen) atoms. The van der Waals surface area contributed by atoms with Crippen molar-refractivity contribution in [3.05, 3.63) is 0 Å².